The molecule has 4 aromatic rings. The lowest BCUT2D eigenvalue weighted by Gasteiger charge is -2.10. The van der Waals surface area contributed by atoms with Gasteiger partial charge in [-0.25, -0.2) is 4.68 Å². The fourth-order valence-electron chi connectivity index (χ4n) is 3.69. The number of benzene rings is 3. The molecule has 7 heteroatoms. The van der Waals surface area contributed by atoms with Crippen LogP contribution in [-0.4, -0.2) is 43.6 Å². The van der Waals surface area contributed by atoms with Crippen LogP contribution in [0.5, 0.6) is 17.2 Å². The van der Waals surface area contributed by atoms with E-state index < -0.39 is 0 Å². The van der Waals surface area contributed by atoms with E-state index in [1.807, 2.05) is 72.8 Å². The average Bonchev–Trinajstić information content (AvgIpc) is 3.35. The fraction of sp³-hybridized carbons (Fsp3) is 0.185. The Morgan fingerprint density at radius 1 is 0.882 bits per heavy atom. The van der Waals surface area contributed by atoms with E-state index in [4.69, 9.17) is 19.3 Å². The van der Waals surface area contributed by atoms with Crippen molar-refractivity contribution >= 4 is 5.91 Å². The molecule has 0 aliphatic rings. The van der Waals surface area contributed by atoms with Crippen LogP contribution >= 0.6 is 0 Å². The third-order valence-corrected chi connectivity index (χ3v) is 5.47. The quantitative estimate of drug-likeness (QED) is 0.400. The van der Waals surface area contributed by atoms with Crippen LogP contribution in [0.2, 0.25) is 0 Å². The molecule has 34 heavy (non-hydrogen) atoms. The van der Waals surface area contributed by atoms with E-state index in [1.54, 1.807) is 32.2 Å². The van der Waals surface area contributed by atoms with Crippen LogP contribution in [0.4, 0.5) is 0 Å². The van der Waals surface area contributed by atoms with E-state index in [2.05, 4.69) is 5.32 Å². The summed E-state index contributed by atoms with van der Waals surface area (Å²) in [5.41, 5.74) is 3.79. The second-order valence-electron chi connectivity index (χ2n) is 7.60. The molecule has 3 aromatic carbocycles. The molecule has 0 radical (unpaired) electrons. The molecular weight excluding hydrogens is 430 g/mol. The zero-order chi connectivity index (χ0) is 23.9. The van der Waals surface area contributed by atoms with Gasteiger partial charge in [-0.05, 0) is 48.4 Å². The number of carbonyl (C=O) groups is 1. The van der Waals surface area contributed by atoms with Gasteiger partial charge in [-0.3, -0.25) is 4.79 Å². The largest absolute Gasteiger partial charge is 0.497 e. The maximum absolute atomic E-state index is 13.2. The Balaban J connectivity index is 1.57. The number of aromatic nitrogens is 2. The molecule has 0 saturated carbocycles. The molecular formula is C27H27N3O4. The van der Waals surface area contributed by atoms with Crippen molar-refractivity contribution in [3.05, 3.63) is 90.1 Å². The first-order valence-corrected chi connectivity index (χ1v) is 10.9. The number of nitrogens with one attached hydrogen (secondary N) is 1. The number of nitrogens with zero attached hydrogens (tertiary/aromatic N) is 2. The van der Waals surface area contributed by atoms with Gasteiger partial charge >= 0.3 is 0 Å². The molecule has 1 N–H and O–H groups in total. The minimum atomic E-state index is -0.194. The lowest BCUT2D eigenvalue weighted by atomic mass is 10.1. The first-order valence-electron chi connectivity index (χ1n) is 10.9. The standard InChI is InChI=1S/C27H27N3O4/c1-32-22-11-7-8-20(17-22)26-23(18-30(29-26)21-9-5-4-6-10-21)27(31)28-15-14-19-12-13-24(33-2)25(16-19)34-3/h4-13,16-18H,14-15H2,1-3H3,(H,28,31). The number of amides is 1. The predicted molar refractivity (Wildman–Crippen MR) is 131 cm³/mol. The van der Waals surface area contributed by atoms with Crippen molar-refractivity contribution in [1.29, 1.82) is 0 Å². The molecule has 1 amide bonds. The van der Waals surface area contributed by atoms with Crippen molar-refractivity contribution in [3.63, 3.8) is 0 Å². The lowest BCUT2D eigenvalue weighted by Crippen LogP contribution is -2.25. The van der Waals surface area contributed by atoms with E-state index >= 15 is 0 Å². The molecule has 174 valence electrons. The lowest BCUT2D eigenvalue weighted by molar-refractivity contribution is 0.0954. The number of methoxy groups -OCH3 is 3. The Bertz CT molecular complexity index is 1270. The number of hydrogen-bond acceptors (Lipinski definition) is 5. The summed E-state index contributed by atoms with van der Waals surface area (Å²) in [7, 11) is 4.82. The maximum Gasteiger partial charge on any atom is 0.255 e. The van der Waals surface area contributed by atoms with E-state index in [-0.39, 0.29) is 5.91 Å². The van der Waals surface area contributed by atoms with Crippen LogP contribution < -0.4 is 19.5 Å². The number of carbonyl (C=O) groups excluding carboxylic acids is 1. The van der Waals surface area contributed by atoms with Crippen molar-refractivity contribution in [2.24, 2.45) is 0 Å². The maximum atomic E-state index is 13.2. The zero-order valence-electron chi connectivity index (χ0n) is 19.4. The van der Waals surface area contributed by atoms with Crippen LogP contribution in [0.1, 0.15) is 15.9 Å². The van der Waals surface area contributed by atoms with Gasteiger partial charge in [0.25, 0.3) is 5.91 Å². The molecule has 0 unspecified atom stereocenters. The van der Waals surface area contributed by atoms with Gasteiger partial charge in [0.15, 0.2) is 11.5 Å². The van der Waals surface area contributed by atoms with Gasteiger partial charge in [0, 0.05) is 18.3 Å². The van der Waals surface area contributed by atoms with E-state index in [1.165, 1.54) is 0 Å². The van der Waals surface area contributed by atoms with Crippen LogP contribution in [-0.2, 0) is 6.42 Å². The SMILES string of the molecule is COc1cccc(-c2nn(-c3ccccc3)cc2C(=O)NCCc2ccc(OC)c(OC)c2)c1. The number of rotatable bonds is 9. The molecule has 0 saturated heterocycles. The molecule has 0 spiro atoms. The fourth-order valence-corrected chi connectivity index (χ4v) is 3.69. The number of para-hydroxylation sites is 1. The highest BCUT2D eigenvalue weighted by Gasteiger charge is 2.19. The van der Waals surface area contributed by atoms with Crippen molar-refractivity contribution in [2.45, 2.75) is 6.42 Å². The van der Waals surface area contributed by atoms with Gasteiger partial charge in [0.1, 0.15) is 11.4 Å². The summed E-state index contributed by atoms with van der Waals surface area (Å²) in [4.78, 5) is 13.2. The average molecular weight is 458 g/mol. The molecule has 0 aliphatic heterocycles. The highest BCUT2D eigenvalue weighted by molar-refractivity contribution is 6.00. The van der Waals surface area contributed by atoms with Gasteiger partial charge in [-0.2, -0.15) is 5.10 Å². The molecule has 0 atom stereocenters. The first kappa shape index (κ1) is 22.9. The van der Waals surface area contributed by atoms with Gasteiger partial charge in [0.05, 0.1) is 32.6 Å². The molecule has 0 bridgehead atoms. The van der Waals surface area contributed by atoms with E-state index in [9.17, 15) is 4.79 Å². The summed E-state index contributed by atoms with van der Waals surface area (Å²) in [6.45, 7) is 0.461. The second kappa shape index (κ2) is 10.6. The zero-order valence-corrected chi connectivity index (χ0v) is 19.4. The Kier molecular flexibility index (Phi) is 7.13. The smallest absolute Gasteiger partial charge is 0.255 e. The predicted octanol–water partition coefficient (Wildman–Crippen LogP) is 4.54. The van der Waals surface area contributed by atoms with Crippen LogP contribution in [0.25, 0.3) is 16.9 Å². The van der Waals surface area contributed by atoms with Crippen molar-refractivity contribution in [2.75, 3.05) is 27.9 Å². The molecule has 0 fully saturated rings. The van der Waals surface area contributed by atoms with Crippen LogP contribution in [0.15, 0.2) is 79.0 Å². The summed E-state index contributed by atoms with van der Waals surface area (Å²) in [6.07, 6.45) is 2.41. The summed E-state index contributed by atoms with van der Waals surface area (Å²) < 4.78 is 17.7. The topological polar surface area (TPSA) is 74.6 Å². The summed E-state index contributed by atoms with van der Waals surface area (Å²) in [6, 6.07) is 23.0. The van der Waals surface area contributed by atoms with Crippen LogP contribution in [0.3, 0.4) is 0 Å². The summed E-state index contributed by atoms with van der Waals surface area (Å²) in [5, 5.41) is 7.75. The molecule has 1 heterocycles. The summed E-state index contributed by atoms with van der Waals surface area (Å²) in [5.74, 6) is 1.84. The Morgan fingerprint density at radius 3 is 2.41 bits per heavy atom. The highest BCUT2D eigenvalue weighted by atomic mass is 16.5. The molecule has 4 rings (SSSR count). The molecule has 1 aromatic heterocycles. The molecule has 0 aliphatic carbocycles. The van der Waals surface area contributed by atoms with Crippen LogP contribution in [0, 0.1) is 0 Å². The second-order valence-corrected chi connectivity index (χ2v) is 7.60. The third kappa shape index (κ3) is 5.04. The van der Waals surface area contributed by atoms with E-state index in [0.29, 0.717) is 41.5 Å². The van der Waals surface area contributed by atoms with Gasteiger partial charge < -0.3 is 19.5 Å². The van der Waals surface area contributed by atoms with E-state index in [0.717, 1.165) is 16.8 Å². The normalized spacial score (nSPS) is 10.6. The Morgan fingerprint density at radius 2 is 1.68 bits per heavy atom. The highest BCUT2D eigenvalue weighted by Crippen LogP contribution is 2.28. The first-order chi connectivity index (χ1) is 16.6. The third-order valence-electron chi connectivity index (χ3n) is 5.47. The Hall–Kier alpha value is -4.26. The van der Waals surface area contributed by atoms with Crippen molar-refractivity contribution in [3.8, 4) is 34.2 Å². The minimum Gasteiger partial charge on any atom is -0.497 e. The van der Waals surface area contributed by atoms with Gasteiger partial charge in [0.2, 0.25) is 0 Å². The Labute approximate surface area is 198 Å². The van der Waals surface area contributed by atoms with Crippen molar-refractivity contribution < 1.29 is 19.0 Å². The summed E-state index contributed by atoms with van der Waals surface area (Å²) >= 11 is 0. The van der Waals surface area contributed by atoms with Gasteiger partial charge in [-0.1, -0.05) is 36.4 Å². The number of ether oxygens (including phenoxy) is 3. The van der Waals surface area contributed by atoms with Crippen molar-refractivity contribution in [1.82, 2.24) is 15.1 Å². The van der Waals surface area contributed by atoms with Gasteiger partial charge in [-0.15, -0.1) is 0 Å². The minimum absolute atomic E-state index is 0.194. The molecule has 7 nitrogen and oxygen atoms in total. The number of hydrogen-bond donors (Lipinski definition) is 1. The monoisotopic (exact) mass is 457 g/mol.